The van der Waals surface area contributed by atoms with Crippen LogP contribution < -0.4 is 0 Å². The van der Waals surface area contributed by atoms with Crippen molar-refractivity contribution in [3.8, 4) is 0 Å². The van der Waals surface area contributed by atoms with Crippen molar-refractivity contribution < 1.29 is 10.2 Å². The summed E-state index contributed by atoms with van der Waals surface area (Å²) in [6.07, 6.45) is 2.35. The molecule has 0 spiro atoms. The van der Waals surface area contributed by atoms with Crippen LogP contribution in [0.3, 0.4) is 0 Å². The third kappa shape index (κ3) is 3.40. The van der Waals surface area contributed by atoms with E-state index in [9.17, 15) is 0 Å². The first kappa shape index (κ1) is 9.96. The number of hydrogen-bond donors (Lipinski definition) is 2. The van der Waals surface area contributed by atoms with Gasteiger partial charge in [-0.1, -0.05) is 36.4 Å². The summed E-state index contributed by atoms with van der Waals surface area (Å²) in [7, 11) is 0. The summed E-state index contributed by atoms with van der Waals surface area (Å²) in [5, 5.41) is 17.6. The molecule has 2 heteroatoms. The van der Waals surface area contributed by atoms with Crippen LogP contribution in [0.2, 0.25) is 0 Å². The second-order valence-electron chi connectivity index (χ2n) is 2.87. The molecule has 2 N–H and O–H groups in total. The topological polar surface area (TPSA) is 40.5 Å². The lowest BCUT2D eigenvalue weighted by Gasteiger charge is -2.03. The van der Waals surface area contributed by atoms with Gasteiger partial charge in [-0.2, -0.15) is 0 Å². The highest BCUT2D eigenvalue weighted by atomic mass is 16.3. The first-order chi connectivity index (χ1) is 6.36. The van der Waals surface area contributed by atoms with Gasteiger partial charge in [0.1, 0.15) is 0 Å². The smallest absolute Gasteiger partial charge is 0.0645 e. The molecule has 0 aliphatic carbocycles. The lowest BCUT2D eigenvalue weighted by atomic mass is 10.1. The third-order valence-corrected chi connectivity index (χ3v) is 1.86. The van der Waals surface area contributed by atoms with Gasteiger partial charge in [0.2, 0.25) is 0 Å². The van der Waals surface area contributed by atoms with Gasteiger partial charge in [-0.15, -0.1) is 0 Å². The van der Waals surface area contributed by atoms with E-state index in [1.165, 1.54) is 0 Å². The van der Waals surface area contributed by atoms with Crippen LogP contribution in [0.25, 0.3) is 0 Å². The summed E-state index contributed by atoms with van der Waals surface area (Å²) in [6, 6.07) is 9.88. The Balaban J connectivity index is 2.62. The molecule has 0 atom stereocenters. The molecule has 1 aromatic rings. The standard InChI is InChI=1S/C11H14O2/c12-7-6-11(9-13)8-10-4-2-1-3-5-10/h1-6,12-13H,7-9H2. The summed E-state index contributed by atoms with van der Waals surface area (Å²) >= 11 is 0. The highest BCUT2D eigenvalue weighted by molar-refractivity contribution is 5.21. The number of aliphatic hydroxyl groups excluding tert-OH is 2. The molecular weight excluding hydrogens is 164 g/mol. The Hall–Kier alpha value is -1.12. The molecule has 0 saturated carbocycles. The average molecular weight is 178 g/mol. The maximum Gasteiger partial charge on any atom is 0.0645 e. The number of aliphatic hydroxyl groups is 2. The Kier molecular flexibility index (Phi) is 4.23. The van der Waals surface area contributed by atoms with Crippen LogP contribution in [0, 0.1) is 0 Å². The molecule has 0 saturated heterocycles. The molecule has 0 unspecified atom stereocenters. The summed E-state index contributed by atoms with van der Waals surface area (Å²) in [4.78, 5) is 0. The molecule has 0 radical (unpaired) electrons. The predicted octanol–water partition coefficient (Wildman–Crippen LogP) is 1.14. The summed E-state index contributed by atoms with van der Waals surface area (Å²) < 4.78 is 0. The van der Waals surface area contributed by atoms with Crippen molar-refractivity contribution in [1.29, 1.82) is 0 Å². The van der Waals surface area contributed by atoms with Crippen molar-refractivity contribution in [2.45, 2.75) is 6.42 Å². The van der Waals surface area contributed by atoms with E-state index in [1.54, 1.807) is 6.08 Å². The summed E-state index contributed by atoms with van der Waals surface area (Å²) in [6.45, 7) is -0.00180. The van der Waals surface area contributed by atoms with E-state index >= 15 is 0 Å². The van der Waals surface area contributed by atoms with E-state index < -0.39 is 0 Å². The number of hydrogen-bond acceptors (Lipinski definition) is 2. The van der Waals surface area contributed by atoms with Gasteiger partial charge in [-0.3, -0.25) is 0 Å². The fraction of sp³-hybridized carbons (Fsp3) is 0.273. The van der Waals surface area contributed by atoms with Crippen LogP contribution in [0.15, 0.2) is 42.0 Å². The van der Waals surface area contributed by atoms with Gasteiger partial charge in [0, 0.05) is 0 Å². The highest BCUT2D eigenvalue weighted by Crippen LogP contribution is 2.06. The van der Waals surface area contributed by atoms with E-state index in [0.717, 1.165) is 11.1 Å². The SMILES string of the molecule is OCC=C(CO)Cc1ccccc1. The van der Waals surface area contributed by atoms with Crippen LogP contribution in [0.5, 0.6) is 0 Å². The maximum atomic E-state index is 8.94. The fourth-order valence-electron chi connectivity index (χ4n) is 1.18. The van der Waals surface area contributed by atoms with E-state index in [-0.39, 0.29) is 13.2 Å². The van der Waals surface area contributed by atoms with Crippen LogP contribution in [0.1, 0.15) is 5.56 Å². The molecule has 1 aromatic carbocycles. The fourth-order valence-corrected chi connectivity index (χ4v) is 1.18. The molecule has 0 aliphatic heterocycles. The van der Waals surface area contributed by atoms with Gasteiger partial charge in [0.05, 0.1) is 13.2 Å². The van der Waals surface area contributed by atoms with Gasteiger partial charge in [0.15, 0.2) is 0 Å². The lowest BCUT2D eigenvalue weighted by Crippen LogP contribution is -1.97. The highest BCUT2D eigenvalue weighted by Gasteiger charge is 1.96. The molecule has 0 aliphatic rings. The van der Waals surface area contributed by atoms with Crippen molar-refractivity contribution in [2.24, 2.45) is 0 Å². The van der Waals surface area contributed by atoms with Gasteiger partial charge in [0.25, 0.3) is 0 Å². The van der Waals surface area contributed by atoms with Gasteiger partial charge >= 0.3 is 0 Å². The normalized spacial score (nSPS) is 11.7. The predicted molar refractivity (Wildman–Crippen MR) is 52.4 cm³/mol. The van der Waals surface area contributed by atoms with Crippen molar-refractivity contribution in [2.75, 3.05) is 13.2 Å². The quantitative estimate of drug-likeness (QED) is 0.679. The van der Waals surface area contributed by atoms with Gasteiger partial charge < -0.3 is 10.2 Å². The zero-order valence-corrected chi connectivity index (χ0v) is 7.48. The number of benzene rings is 1. The maximum absolute atomic E-state index is 8.94. The Bertz CT molecular complexity index is 265. The minimum atomic E-state index is -0.0112. The zero-order chi connectivity index (χ0) is 9.52. The van der Waals surface area contributed by atoms with E-state index in [2.05, 4.69) is 0 Å². The summed E-state index contributed by atoms with van der Waals surface area (Å²) in [5.41, 5.74) is 2.00. The molecule has 2 nitrogen and oxygen atoms in total. The van der Waals surface area contributed by atoms with Crippen molar-refractivity contribution >= 4 is 0 Å². The lowest BCUT2D eigenvalue weighted by molar-refractivity contribution is 0.317. The van der Waals surface area contributed by atoms with Crippen molar-refractivity contribution in [3.05, 3.63) is 47.5 Å². The Morgan fingerprint density at radius 3 is 2.38 bits per heavy atom. The first-order valence-corrected chi connectivity index (χ1v) is 4.30. The monoisotopic (exact) mass is 178 g/mol. The summed E-state index contributed by atoms with van der Waals surface area (Å²) in [5.74, 6) is 0. The van der Waals surface area contributed by atoms with Gasteiger partial charge in [-0.25, -0.2) is 0 Å². The van der Waals surface area contributed by atoms with Crippen molar-refractivity contribution in [3.63, 3.8) is 0 Å². The van der Waals surface area contributed by atoms with Gasteiger partial charge in [-0.05, 0) is 17.6 Å². The molecule has 13 heavy (non-hydrogen) atoms. The van der Waals surface area contributed by atoms with E-state index in [1.807, 2.05) is 30.3 Å². The third-order valence-electron chi connectivity index (χ3n) is 1.86. The van der Waals surface area contributed by atoms with Crippen LogP contribution in [-0.2, 0) is 6.42 Å². The molecule has 70 valence electrons. The zero-order valence-electron chi connectivity index (χ0n) is 7.48. The molecular formula is C11H14O2. The Labute approximate surface area is 78.2 Å². The Morgan fingerprint density at radius 2 is 1.85 bits per heavy atom. The second kappa shape index (κ2) is 5.51. The van der Waals surface area contributed by atoms with Crippen LogP contribution in [0.4, 0.5) is 0 Å². The largest absolute Gasteiger partial charge is 0.392 e. The molecule has 0 fully saturated rings. The second-order valence-corrected chi connectivity index (χ2v) is 2.87. The molecule has 0 heterocycles. The Morgan fingerprint density at radius 1 is 1.15 bits per heavy atom. The van der Waals surface area contributed by atoms with Crippen LogP contribution >= 0.6 is 0 Å². The van der Waals surface area contributed by atoms with Crippen molar-refractivity contribution in [1.82, 2.24) is 0 Å². The molecule has 0 amide bonds. The van der Waals surface area contributed by atoms with E-state index in [4.69, 9.17) is 10.2 Å². The molecule has 0 aromatic heterocycles. The van der Waals surface area contributed by atoms with Crippen LogP contribution in [-0.4, -0.2) is 23.4 Å². The van der Waals surface area contributed by atoms with E-state index in [0.29, 0.717) is 6.42 Å². The number of rotatable bonds is 4. The minimum Gasteiger partial charge on any atom is -0.392 e. The molecule has 1 rings (SSSR count). The molecule has 0 bridgehead atoms. The minimum absolute atomic E-state index is 0.00938. The first-order valence-electron chi connectivity index (χ1n) is 4.30. The average Bonchev–Trinajstić information content (AvgIpc) is 2.19.